The van der Waals surface area contributed by atoms with Crippen LogP contribution in [0.2, 0.25) is 15.1 Å². The van der Waals surface area contributed by atoms with E-state index < -0.39 is 11.9 Å². The zero-order chi connectivity index (χ0) is 14.5. The topological polar surface area (TPSA) is 12.9 Å². The lowest BCUT2D eigenvalue weighted by Gasteiger charge is -2.14. The average Bonchev–Trinajstić information content (AvgIpc) is 2.30. The van der Waals surface area contributed by atoms with Crippen LogP contribution in [0.1, 0.15) is 11.3 Å². The molecule has 0 saturated carbocycles. The van der Waals surface area contributed by atoms with Gasteiger partial charge in [0.25, 0.3) is 0 Å². The van der Waals surface area contributed by atoms with E-state index in [2.05, 4.69) is 20.9 Å². The summed E-state index contributed by atoms with van der Waals surface area (Å²) >= 11 is 20.9. The fourth-order valence-electron chi connectivity index (χ4n) is 1.64. The highest BCUT2D eigenvalue weighted by atomic mass is 79.9. The standard InChI is InChI=1S/C11H4BrCl3F3N/c1-3-6(13)4-2-5(12)7(14)8(15)9(4)19-10(3)11(16,17)18/h2H,1H3. The molecule has 0 fully saturated rings. The first-order valence-corrected chi connectivity index (χ1v) is 6.77. The van der Waals surface area contributed by atoms with Gasteiger partial charge in [0, 0.05) is 9.86 Å². The first-order chi connectivity index (χ1) is 8.64. The molecule has 2 rings (SSSR count). The number of hydrogen-bond donors (Lipinski definition) is 0. The van der Waals surface area contributed by atoms with Gasteiger partial charge in [0.1, 0.15) is 5.69 Å². The number of fused-ring (bicyclic) bond motifs is 1. The molecule has 0 aliphatic heterocycles. The second-order valence-electron chi connectivity index (χ2n) is 3.78. The zero-order valence-corrected chi connectivity index (χ0v) is 13.0. The van der Waals surface area contributed by atoms with Gasteiger partial charge in [0.15, 0.2) is 0 Å². The third-order valence-electron chi connectivity index (χ3n) is 2.55. The number of rotatable bonds is 0. The van der Waals surface area contributed by atoms with Gasteiger partial charge in [-0.2, -0.15) is 13.2 Å². The van der Waals surface area contributed by atoms with Gasteiger partial charge in [-0.1, -0.05) is 34.8 Å². The Hall–Kier alpha value is -0.230. The van der Waals surface area contributed by atoms with Crippen molar-refractivity contribution < 1.29 is 13.2 Å². The number of nitrogens with zero attached hydrogens (tertiary/aromatic N) is 1. The van der Waals surface area contributed by atoms with Gasteiger partial charge in [-0.25, -0.2) is 4.98 Å². The van der Waals surface area contributed by atoms with Gasteiger partial charge in [-0.3, -0.25) is 0 Å². The van der Waals surface area contributed by atoms with Crippen molar-refractivity contribution in [3.8, 4) is 0 Å². The molecule has 1 heterocycles. The Morgan fingerprint density at radius 3 is 2.21 bits per heavy atom. The van der Waals surface area contributed by atoms with Crippen LogP contribution in [0.25, 0.3) is 10.9 Å². The molecule has 0 saturated heterocycles. The van der Waals surface area contributed by atoms with E-state index in [4.69, 9.17) is 34.8 Å². The molecular weight excluding hydrogens is 389 g/mol. The van der Waals surface area contributed by atoms with Crippen molar-refractivity contribution in [2.24, 2.45) is 0 Å². The highest BCUT2D eigenvalue weighted by Crippen LogP contribution is 2.42. The Balaban J connectivity index is 2.98. The number of alkyl halides is 3. The van der Waals surface area contributed by atoms with Crippen molar-refractivity contribution >= 4 is 61.6 Å². The van der Waals surface area contributed by atoms with Crippen LogP contribution in [0.4, 0.5) is 13.2 Å². The van der Waals surface area contributed by atoms with Crippen molar-refractivity contribution in [3.63, 3.8) is 0 Å². The van der Waals surface area contributed by atoms with Gasteiger partial charge in [-0.05, 0) is 34.5 Å². The van der Waals surface area contributed by atoms with Crippen molar-refractivity contribution in [1.82, 2.24) is 4.98 Å². The summed E-state index contributed by atoms with van der Waals surface area (Å²) in [7, 11) is 0. The molecule has 2 aromatic rings. The summed E-state index contributed by atoms with van der Waals surface area (Å²) in [6.07, 6.45) is -4.61. The van der Waals surface area contributed by atoms with E-state index in [-0.39, 0.29) is 26.1 Å². The summed E-state index contributed by atoms with van der Waals surface area (Å²) < 4.78 is 39.0. The maximum absolute atomic E-state index is 12.9. The first kappa shape index (κ1) is 15.2. The second kappa shape index (κ2) is 4.95. The third-order valence-corrected chi connectivity index (χ3v) is 4.75. The molecule has 1 nitrogen and oxygen atoms in total. The molecule has 8 heteroatoms. The molecule has 0 unspecified atom stereocenters. The minimum atomic E-state index is -4.61. The Kier molecular flexibility index (Phi) is 3.95. The maximum Gasteiger partial charge on any atom is 0.433 e. The summed E-state index contributed by atoms with van der Waals surface area (Å²) in [5.74, 6) is 0. The van der Waals surface area contributed by atoms with Crippen molar-refractivity contribution in [3.05, 3.63) is 36.9 Å². The van der Waals surface area contributed by atoms with Gasteiger partial charge >= 0.3 is 6.18 Å². The summed E-state index contributed by atoms with van der Waals surface area (Å²) in [4.78, 5) is 3.56. The van der Waals surface area contributed by atoms with Crippen molar-refractivity contribution in [2.75, 3.05) is 0 Å². The molecule has 0 radical (unpaired) electrons. The molecule has 0 amide bonds. The summed E-state index contributed by atoms with van der Waals surface area (Å²) in [5.41, 5.74) is -1.28. The van der Waals surface area contributed by atoms with Gasteiger partial charge < -0.3 is 0 Å². The monoisotopic (exact) mass is 391 g/mol. The molecule has 0 aliphatic rings. The summed E-state index contributed by atoms with van der Waals surface area (Å²) in [6.45, 7) is 1.26. The van der Waals surface area contributed by atoms with Crippen LogP contribution in [0.5, 0.6) is 0 Å². The van der Waals surface area contributed by atoms with E-state index >= 15 is 0 Å². The fourth-order valence-corrected chi connectivity index (χ4v) is 2.80. The van der Waals surface area contributed by atoms with Crippen LogP contribution in [0.15, 0.2) is 10.5 Å². The van der Waals surface area contributed by atoms with E-state index in [0.717, 1.165) is 0 Å². The quantitative estimate of drug-likeness (QED) is 0.480. The Morgan fingerprint density at radius 2 is 1.68 bits per heavy atom. The number of aromatic nitrogens is 1. The Bertz CT molecular complexity index is 685. The highest BCUT2D eigenvalue weighted by Gasteiger charge is 2.36. The molecular formula is C11H4BrCl3F3N. The van der Waals surface area contributed by atoms with Crippen molar-refractivity contribution in [2.45, 2.75) is 13.1 Å². The molecule has 0 atom stereocenters. The molecule has 19 heavy (non-hydrogen) atoms. The molecule has 0 spiro atoms. The lowest BCUT2D eigenvalue weighted by Crippen LogP contribution is -2.11. The highest BCUT2D eigenvalue weighted by molar-refractivity contribution is 9.10. The maximum atomic E-state index is 12.9. The molecule has 1 aromatic carbocycles. The number of pyridine rings is 1. The van der Waals surface area contributed by atoms with Crippen molar-refractivity contribution in [1.29, 1.82) is 0 Å². The second-order valence-corrected chi connectivity index (χ2v) is 5.77. The number of hydrogen-bond acceptors (Lipinski definition) is 1. The van der Waals surface area contributed by atoms with E-state index in [9.17, 15) is 13.2 Å². The minimum absolute atomic E-state index is 0.0448. The van der Waals surface area contributed by atoms with E-state index in [0.29, 0.717) is 9.86 Å². The predicted octanol–water partition coefficient (Wildman–Crippen LogP) is 6.28. The van der Waals surface area contributed by atoms with Gasteiger partial charge in [0.05, 0.1) is 20.6 Å². The van der Waals surface area contributed by atoms with Crippen LogP contribution in [0.3, 0.4) is 0 Å². The lowest BCUT2D eigenvalue weighted by atomic mass is 10.1. The van der Waals surface area contributed by atoms with Crippen LogP contribution in [0, 0.1) is 6.92 Å². The molecule has 1 aromatic heterocycles. The average molecular weight is 393 g/mol. The first-order valence-electron chi connectivity index (χ1n) is 4.85. The normalized spacial score (nSPS) is 12.2. The van der Waals surface area contributed by atoms with E-state index in [1.54, 1.807) is 0 Å². The molecule has 0 aliphatic carbocycles. The largest absolute Gasteiger partial charge is 0.433 e. The van der Waals surface area contributed by atoms with Crippen LogP contribution in [-0.2, 0) is 6.18 Å². The van der Waals surface area contributed by atoms with E-state index in [1.807, 2.05) is 0 Å². The summed E-state index contributed by atoms with van der Waals surface area (Å²) in [6, 6.07) is 1.49. The van der Waals surface area contributed by atoms with Gasteiger partial charge in [0.2, 0.25) is 0 Å². The van der Waals surface area contributed by atoms with Crippen LogP contribution in [-0.4, -0.2) is 4.98 Å². The number of benzene rings is 1. The number of halogens is 7. The van der Waals surface area contributed by atoms with Crippen LogP contribution < -0.4 is 0 Å². The van der Waals surface area contributed by atoms with E-state index in [1.165, 1.54) is 13.0 Å². The Labute approximate surface area is 129 Å². The molecule has 0 N–H and O–H groups in total. The third kappa shape index (κ3) is 2.53. The smallest absolute Gasteiger partial charge is 0.241 e. The fraction of sp³-hybridized carbons (Fsp3) is 0.182. The molecule has 102 valence electrons. The Morgan fingerprint density at radius 1 is 1.11 bits per heavy atom. The van der Waals surface area contributed by atoms with Gasteiger partial charge in [-0.15, -0.1) is 0 Å². The molecule has 0 bridgehead atoms. The predicted molar refractivity (Wildman–Crippen MR) is 74.2 cm³/mol. The SMILES string of the molecule is Cc1c(C(F)(F)F)nc2c(Cl)c(Cl)c(Br)cc2c1Cl. The lowest BCUT2D eigenvalue weighted by molar-refractivity contribution is -0.141. The zero-order valence-electron chi connectivity index (χ0n) is 9.17. The van der Waals surface area contributed by atoms with Crippen LogP contribution >= 0.6 is 50.7 Å². The minimum Gasteiger partial charge on any atom is -0.241 e. The summed E-state index contributed by atoms with van der Waals surface area (Å²) in [5, 5.41) is 0.290.